The van der Waals surface area contributed by atoms with Crippen LogP contribution < -0.4 is 0 Å². The molecule has 3 rings (SSSR count). The monoisotopic (exact) mass is 330 g/mol. The second-order valence-electron chi connectivity index (χ2n) is 5.30. The van der Waals surface area contributed by atoms with Gasteiger partial charge in [0.2, 0.25) is 0 Å². The van der Waals surface area contributed by atoms with E-state index in [1.54, 1.807) is 6.92 Å². The van der Waals surface area contributed by atoms with Gasteiger partial charge in [-0.05, 0) is 24.6 Å². The van der Waals surface area contributed by atoms with Crippen LogP contribution in [0.15, 0.2) is 24.5 Å². The van der Waals surface area contributed by atoms with Crippen LogP contribution in [-0.4, -0.2) is 19.7 Å². The van der Waals surface area contributed by atoms with E-state index < -0.39 is 23.6 Å². The molecule has 0 bridgehead atoms. The summed E-state index contributed by atoms with van der Waals surface area (Å²) in [6, 6.07) is 2.97. The molecule has 0 saturated carbocycles. The van der Waals surface area contributed by atoms with E-state index in [0.29, 0.717) is 29.6 Å². The number of halogens is 5. The molecule has 0 atom stereocenters. The van der Waals surface area contributed by atoms with Crippen molar-refractivity contribution < 1.29 is 22.0 Å². The van der Waals surface area contributed by atoms with Crippen LogP contribution in [0.5, 0.6) is 0 Å². The fourth-order valence-electron chi connectivity index (χ4n) is 2.38. The molecule has 23 heavy (non-hydrogen) atoms. The van der Waals surface area contributed by atoms with Crippen molar-refractivity contribution >= 4 is 10.9 Å². The minimum absolute atomic E-state index is 0.163. The molecule has 4 nitrogen and oxygen atoms in total. The van der Waals surface area contributed by atoms with Crippen molar-refractivity contribution in [1.82, 2.24) is 19.7 Å². The summed E-state index contributed by atoms with van der Waals surface area (Å²) in [5.41, 5.74) is 0.159. The molecule has 0 spiro atoms. The van der Waals surface area contributed by atoms with E-state index in [2.05, 4.69) is 15.2 Å². The fraction of sp³-hybridized carbons (Fsp3) is 0.286. The molecule has 2 aromatic heterocycles. The highest BCUT2D eigenvalue weighted by Gasteiger charge is 2.39. The summed E-state index contributed by atoms with van der Waals surface area (Å²) < 4.78 is 66.6. The third kappa shape index (κ3) is 2.66. The Morgan fingerprint density at radius 3 is 2.43 bits per heavy atom. The SMILES string of the molecule is Cc1cc(-n2cc(C(F)(F)F)nc2C(C)(F)F)cc2cn[nH]c12. The first-order chi connectivity index (χ1) is 10.6. The Kier molecular flexibility index (Phi) is 3.20. The minimum Gasteiger partial charge on any atom is -0.298 e. The van der Waals surface area contributed by atoms with E-state index in [0.717, 1.165) is 4.57 Å². The second kappa shape index (κ2) is 4.77. The highest BCUT2D eigenvalue weighted by Crippen LogP contribution is 2.35. The van der Waals surface area contributed by atoms with Crippen LogP contribution in [0.1, 0.15) is 24.0 Å². The van der Waals surface area contributed by atoms with E-state index in [1.165, 1.54) is 18.3 Å². The number of rotatable bonds is 2. The van der Waals surface area contributed by atoms with Crippen LogP contribution in [0.3, 0.4) is 0 Å². The maximum atomic E-state index is 13.7. The van der Waals surface area contributed by atoms with Crippen LogP contribution >= 0.6 is 0 Å². The fourth-order valence-corrected chi connectivity index (χ4v) is 2.38. The van der Waals surface area contributed by atoms with Gasteiger partial charge in [0.15, 0.2) is 11.5 Å². The molecule has 0 unspecified atom stereocenters. The van der Waals surface area contributed by atoms with E-state index in [9.17, 15) is 22.0 Å². The summed E-state index contributed by atoms with van der Waals surface area (Å²) in [6.45, 7) is 2.21. The normalized spacial score (nSPS) is 13.0. The van der Waals surface area contributed by atoms with Crippen LogP contribution in [0, 0.1) is 6.92 Å². The Labute approximate surface area is 126 Å². The highest BCUT2D eigenvalue weighted by molar-refractivity contribution is 5.83. The van der Waals surface area contributed by atoms with Crippen molar-refractivity contribution in [3.63, 3.8) is 0 Å². The number of hydrogen-bond donors (Lipinski definition) is 1. The predicted molar refractivity (Wildman–Crippen MR) is 72.5 cm³/mol. The van der Waals surface area contributed by atoms with E-state index >= 15 is 0 Å². The standard InChI is InChI=1S/C14H11F5N4/c1-7-3-9(4-8-5-20-22-11(7)8)23-6-10(14(17,18)19)21-12(23)13(2,15)16/h3-6H,1-2H3,(H,20,22). The first-order valence-electron chi connectivity index (χ1n) is 6.56. The number of alkyl halides is 5. The molecule has 1 aromatic carbocycles. The maximum absolute atomic E-state index is 13.7. The van der Waals surface area contributed by atoms with Gasteiger partial charge in [-0.2, -0.15) is 27.1 Å². The zero-order chi connectivity index (χ0) is 17.0. The molecule has 3 aromatic rings. The largest absolute Gasteiger partial charge is 0.434 e. The average molecular weight is 330 g/mol. The van der Waals surface area contributed by atoms with Gasteiger partial charge in [-0.3, -0.25) is 9.67 Å². The third-order valence-electron chi connectivity index (χ3n) is 3.40. The lowest BCUT2D eigenvalue weighted by Crippen LogP contribution is -2.15. The molecule has 0 amide bonds. The number of aromatic nitrogens is 4. The number of imidazole rings is 1. The van der Waals surface area contributed by atoms with E-state index in [4.69, 9.17) is 0 Å². The van der Waals surface area contributed by atoms with Crippen molar-refractivity contribution in [2.75, 3.05) is 0 Å². The van der Waals surface area contributed by atoms with Gasteiger partial charge < -0.3 is 0 Å². The zero-order valence-electron chi connectivity index (χ0n) is 12.0. The van der Waals surface area contributed by atoms with Crippen molar-refractivity contribution in [1.29, 1.82) is 0 Å². The summed E-state index contributed by atoms with van der Waals surface area (Å²) in [7, 11) is 0. The number of nitrogens with zero attached hydrogens (tertiary/aromatic N) is 3. The number of aryl methyl sites for hydroxylation is 1. The summed E-state index contributed by atoms with van der Waals surface area (Å²) in [5.74, 6) is -4.49. The maximum Gasteiger partial charge on any atom is 0.434 e. The first-order valence-corrected chi connectivity index (χ1v) is 6.56. The zero-order valence-corrected chi connectivity index (χ0v) is 12.0. The Morgan fingerprint density at radius 1 is 1.13 bits per heavy atom. The minimum atomic E-state index is -4.81. The number of aromatic amines is 1. The van der Waals surface area contributed by atoms with Crippen LogP contribution in [0.25, 0.3) is 16.6 Å². The number of hydrogen-bond acceptors (Lipinski definition) is 2. The predicted octanol–water partition coefficient (Wildman–Crippen LogP) is 4.19. The number of nitrogens with one attached hydrogen (secondary N) is 1. The van der Waals surface area contributed by atoms with Crippen molar-refractivity contribution in [2.45, 2.75) is 25.9 Å². The quantitative estimate of drug-likeness (QED) is 0.716. The Balaban J connectivity index is 2.26. The van der Waals surface area contributed by atoms with Gasteiger partial charge in [0.05, 0.1) is 11.7 Å². The highest BCUT2D eigenvalue weighted by atomic mass is 19.4. The van der Waals surface area contributed by atoms with Gasteiger partial charge in [-0.15, -0.1) is 0 Å². The first kappa shape index (κ1) is 15.4. The lowest BCUT2D eigenvalue weighted by Gasteiger charge is -2.13. The molecule has 0 aliphatic rings. The van der Waals surface area contributed by atoms with Crippen molar-refractivity contribution in [3.05, 3.63) is 41.6 Å². The molecule has 122 valence electrons. The molecule has 0 aliphatic heterocycles. The molecule has 2 heterocycles. The molecule has 0 radical (unpaired) electrons. The Bertz CT molecular complexity index is 870. The smallest absolute Gasteiger partial charge is 0.298 e. The van der Waals surface area contributed by atoms with Crippen molar-refractivity contribution in [2.24, 2.45) is 0 Å². The molecule has 0 saturated heterocycles. The lowest BCUT2D eigenvalue weighted by atomic mass is 10.1. The van der Waals surface area contributed by atoms with Gasteiger partial charge in [-0.1, -0.05) is 0 Å². The molecular formula is C14H11F5N4. The third-order valence-corrected chi connectivity index (χ3v) is 3.40. The number of H-pyrrole nitrogens is 1. The summed E-state index contributed by atoms with van der Waals surface area (Å²) in [6.07, 6.45) is -2.76. The summed E-state index contributed by atoms with van der Waals surface area (Å²) >= 11 is 0. The van der Waals surface area contributed by atoms with Gasteiger partial charge in [0, 0.05) is 24.2 Å². The summed E-state index contributed by atoms with van der Waals surface area (Å²) in [5, 5.41) is 7.18. The molecular weight excluding hydrogens is 319 g/mol. The van der Waals surface area contributed by atoms with Gasteiger partial charge >= 0.3 is 12.1 Å². The topological polar surface area (TPSA) is 46.5 Å². The van der Waals surface area contributed by atoms with Gasteiger partial charge in [0.1, 0.15) is 0 Å². The van der Waals surface area contributed by atoms with Crippen molar-refractivity contribution in [3.8, 4) is 5.69 Å². The average Bonchev–Trinajstić information content (AvgIpc) is 3.03. The van der Waals surface area contributed by atoms with Gasteiger partial charge in [0.25, 0.3) is 0 Å². The lowest BCUT2D eigenvalue weighted by molar-refractivity contribution is -0.141. The number of benzene rings is 1. The Morgan fingerprint density at radius 2 is 1.83 bits per heavy atom. The van der Waals surface area contributed by atoms with Gasteiger partial charge in [-0.25, -0.2) is 4.98 Å². The number of fused-ring (bicyclic) bond motifs is 1. The molecule has 1 N–H and O–H groups in total. The Hall–Kier alpha value is -2.45. The van der Waals surface area contributed by atoms with E-state index in [1.807, 2.05) is 0 Å². The van der Waals surface area contributed by atoms with E-state index in [-0.39, 0.29) is 5.69 Å². The van der Waals surface area contributed by atoms with Crippen LogP contribution in [0.4, 0.5) is 22.0 Å². The molecule has 0 aliphatic carbocycles. The van der Waals surface area contributed by atoms with Crippen LogP contribution in [-0.2, 0) is 12.1 Å². The molecule has 0 fully saturated rings. The molecule has 9 heteroatoms. The second-order valence-corrected chi connectivity index (χ2v) is 5.30. The van der Waals surface area contributed by atoms with Crippen LogP contribution in [0.2, 0.25) is 0 Å². The summed E-state index contributed by atoms with van der Waals surface area (Å²) in [4.78, 5) is 3.09.